The quantitative estimate of drug-likeness (QED) is 0.561. The fourth-order valence-corrected chi connectivity index (χ4v) is 3.41. The van der Waals surface area contributed by atoms with Crippen molar-refractivity contribution in [2.75, 3.05) is 37.3 Å². The van der Waals surface area contributed by atoms with Gasteiger partial charge in [-0.3, -0.25) is 4.90 Å². The van der Waals surface area contributed by atoms with Crippen LogP contribution in [0.4, 0.5) is 19.0 Å². The van der Waals surface area contributed by atoms with Crippen LogP contribution in [0.5, 0.6) is 0 Å². The maximum absolute atomic E-state index is 12.5. The molecule has 11 heteroatoms. The first-order valence-corrected chi connectivity index (χ1v) is 9.94. The van der Waals surface area contributed by atoms with Crippen LogP contribution >= 0.6 is 11.8 Å². The topological polar surface area (TPSA) is 71.2 Å². The molecule has 3 heterocycles. The molecule has 0 aromatic carbocycles. The molecule has 0 radical (unpaired) electrons. The van der Waals surface area contributed by atoms with E-state index in [9.17, 15) is 13.2 Å². The lowest BCUT2D eigenvalue weighted by Crippen LogP contribution is -2.46. The van der Waals surface area contributed by atoms with E-state index in [0.717, 1.165) is 29.8 Å². The van der Waals surface area contributed by atoms with Crippen LogP contribution in [-0.4, -0.2) is 57.5 Å². The third-order valence-electron chi connectivity index (χ3n) is 4.65. The average molecular weight is 400 g/mol. The van der Waals surface area contributed by atoms with Crippen LogP contribution in [0.3, 0.4) is 0 Å². The van der Waals surface area contributed by atoms with Crippen molar-refractivity contribution in [3.8, 4) is 0 Å². The van der Waals surface area contributed by atoms with E-state index in [1.807, 2.05) is 11.2 Å². The van der Waals surface area contributed by atoms with Crippen molar-refractivity contribution < 1.29 is 17.6 Å². The Bertz CT molecular complexity index is 802. The lowest BCUT2D eigenvalue weighted by molar-refractivity contribution is -0.157. The fraction of sp³-hybridized carbons (Fsp3) is 0.625. The Hall–Kier alpha value is -1.88. The summed E-state index contributed by atoms with van der Waals surface area (Å²) in [6, 6.07) is 2.07. The standard InChI is InChI=1S/C16H19F3N6OS/c1-27-15-20-11(10-2-3-10)8-12(21-15)25-6-4-24(5-7-25)9-13-22-23-14(26-13)16(17,18)19/h8,10H,2-7,9H2,1H3. The number of halogens is 3. The van der Waals surface area contributed by atoms with Gasteiger partial charge in [-0.05, 0) is 19.1 Å². The molecule has 0 unspecified atom stereocenters. The molecule has 1 saturated carbocycles. The molecular formula is C16H19F3N6OS. The van der Waals surface area contributed by atoms with Crippen LogP contribution in [0, 0.1) is 0 Å². The van der Waals surface area contributed by atoms with Gasteiger partial charge >= 0.3 is 12.1 Å². The second-order valence-electron chi connectivity index (χ2n) is 6.67. The second kappa shape index (κ2) is 7.27. The largest absolute Gasteiger partial charge is 0.470 e. The monoisotopic (exact) mass is 400 g/mol. The van der Waals surface area contributed by atoms with Crippen LogP contribution in [0.25, 0.3) is 0 Å². The SMILES string of the molecule is CSc1nc(C2CC2)cc(N2CCN(Cc3nnc(C(F)(F)F)o3)CC2)n1. The molecule has 0 bridgehead atoms. The van der Waals surface area contributed by atoms with E-state index < -0.39 is 12.1 Å². The van der Waals surface area contributed by atoms with Gasteiger partial charge in [0.25, 0.3) is 0 Å². The molecule has 0 spiro atoms. The summed E-state index contributed by atoms with van der Waals surface area (Å²) in [5, 5.41) is 7.35. The van der Waals surface area contributed by atoms with E-state index in [1.54, 1.807) is 0 Å². The molecule has 2 aromatic rings. The molecule has 2 aliphatic rings. The number of anilines is 1. The van der Waals surface area contributed by atoms with Crippen molar-refractivity contribution in [2.45, 2.75) is 36.6 Å². The summed E-state index contributed by atoms with van der Waals surface area (Å²) in [6.45, 7) is 3.04. The van der Waals surface area contributed by atoms with Crippen molar-refractivity contribution in [2.24, 2.45) is 0 Å². The molecule has 1 aliphatic carbocycles. The smallest absolute Gasteiger partial charge is 0.416 e. The minimum atomic E-state index is -4.61. The van der Waals surface area contributed by atoms with Gasteiger partial charge in [0.05, 0.1) is 12.2 Å². The van der Waals surface area contributed by atoms with Gasteiger partial charge in [-0.1, -0.05) is 11.8 Å². The molecule has 2 fully saturated rings. The van der Waals surface area contributed by atoms with Crippen molar-refractivity contribution in [3.05, 3.63) is 23.5 Å². The minimum absolute atomic E-state index is 0.0153. The zero-order valence-corrected chi connectivity index (χ0v) is 15.6. The average Bonchev–Trinajstić information content (AvgIpc) is 3.40. The number of hydrogen-bond donors (Lipinski definition) is 0. The Morgan fingerprint density at radius 2 is 1.89 bits per heavy atom. The van der Waals surface area contributed by atoms with Gasteiger partial charge < -0.3 is 9.32 Å². The van der Waals surface area contributed by atoms with Gasteiger partial charge in [0.15, 0.2) is 5.16 Å². The molecule has 2 aromatic heterocycles. The first-order chi connectivity index (χ1) is 12.9. The van der Waals surface area contributed by atoms with Gasteiger partial charge in [-0.25, -0.2) is 9.97 Å². The summed E-state index contributed by atoms with van der Waals surface area (Å²) in [6.07, 6.45) is -0.275. The number of aromatic nitrogens is 4. The third-order valence-corrected chi connectivity index (χ3v) is 5.20. The van der Waals surface area contributed by atoms with Gasteiger partial charge in [0.1, 0.15) is 5.82 Å². The van der Waals surface area contributed by atoms with Crippen molar-refractivity contribution in [3.63, 3.8) is 0 Å². The molecule has 0 amide bonds. The first-order valence-electron chi connectivity index (χ1n) is 8.72. The predicted octanol–water partition coefficient (Wildman–Crippen LogP) is 2.80. The highest BCUT2D eigenvalue weighted by Gasteiger charge is 2.38. The Balaban J connectivity index is 1.37. The molecule has 1 saturated heterocycles. The third kappa shape index (κ3) is 4.34. The van der Waals surface area contributed by atoms with Crippen LogP contribution < -0.4 is 4.90 Å². The highest BCUT2D eigenvalue weighted by molar-refractivity contribution is 7.98. The molecule has 0 atom stereocenters. The summed E-state index contributed by atoms with van der Waals surface area (Å²) >= 11 is 1.53. The molecule has 4 rings (SSSR count). The predicted molar refractivity (Wildman–Crippen MR) is 92.6 cm³/mol. The number of thioether (sulfide) groups is 1. The normalized spacial score (nSPS) is 18.9. The summed E-state index contributed by atoms with van der Waals surface area (Å²) in [4.78, 5) is 13.4. The summed E-state index contributed by atoms with van der Waals surface area (Å²) in [5.41, 5.74) is 1.11. The Morgan fingerprint density at radius 1 is 1.15 bits per heavy atom. The highest BCUT2D eigenvalue weighted by Crippen LogP contribution is 2.40. The van der Waals surface area contributed by atoms with Crippen LogP contribution in [-0.2, 0) is 12.7 Å². The van der Waals surface area contributed by atoms with E-state index in [-0.39, 0.29) is 12.4 Å². The number of hydrogen-bond acceptors (Lipinski definition) is 8. The molecule has 1 aliphatic heterocycles. The van der Waals surface area contributed by atoms with E-state index in [2.05, 4.69) is 31.1 Å². The van der Waals surface area contributed by atoms with Crippen LogP contribution in [0.15, 0.2) is 15.6 Å². The highest BCUT2D eigenvalue weighted by atomic mass is 32.2. The van der Waals surface area contributed by atoms with E-state index in [1.165, 1.54) is 24.6 Å². The zero-order chi connectivity index (χ0) is 19.0. The van der Waals surface area contributed by atoms with E-state index in [4.69, 9.17) is 4.42 Å². The van der Waals surface area contributed by atoms with Gasteiger partial charge in [0, 0.05) is 38.2 Å². The maximum atomic E-state index is 12.5. The Kier molecular flexibility index (Phi) is 4.97. The van der Waals surface area contributed by atoms with Crippen molar-refractivity contribution >= 4 is 17.6 Å². The number of alkyl halides is 3. The molecule has 7 nitrogen and oxygen atoms in total. The Morgan fingerprint density at radius 3 is 2.48 bits per heavy atom. The number of nitrogens with zero attached hydrogens (tertiary/aromatic N) is 6. The maximum Gasteiger partial charge on any atom is 0.470 e. The lowest BCUT2D eigenvalue weighted by Gasteiger charge is -2.34. The van der Waals surface area contributed by atoms with Gasteiger partial charge in [-0.15, -0.1) is 10.2 Å². The first kappa shape index (κ1) is 18.5. The molecule has 146 valence electrons. The number of piperazine rings is 1. The van der Waals surface area contributed by atoms with Crippen molar-refractivity contribution in [1.29, 1.82) is 0 Å². The Labute approximate surface area is 158 Å². The van der Waals surface area contributed by atoms with E-state index >= 15 is 0 Å². The molecule has 27 heavy (non-hydrogen) atoms. The van der Waals surface area contributed by atoms with E-state index in [0.29, 0.717) is 19.0 Å². The van der Waals surface area contributed by atoms with Crippen LogP contribution in [0.2, 0.25) is 0 Å². The lowest BCUT2D eigenvalue weighted by atomic mass is 10.2. The van der Waals surface area contributed by atoms with Gasteiger partial charge in [-0.2, -0.15) is 13.2 Å². The molecule has 0 N–H and O–H groups in total. The zero-order valence-electron chi connectivity index (χ0n) is 14.7. The summed E-state index contributed by atoms with van der Waals surface area (Å²) in [7, 11) is 0. The van der Waals surface area contributed by atoms with Gasteiger partial charge in [0.2, 0.25) is 5.89 Å². The molecular weight excluding hydrogens is 381 g/mol. The number of rotatable bonds is 5. The second-order valence-corrected chi connectivity index (χ2v) is 7.45. The fourth-order valence-electron chi connectivity index (χ4n) is 3.03. The van der Waals surface area contributed by atoms with Crippen LogP contribution in [0.1, 0.15) is 36.2 Å². The minimum Gasteiger partial charge on any atom is -0.416 e. The summed E-state index contributed by atoms with van der Waals surface area (Å²) in [5.74, 6) is 0.167. The summed E-state index contributed by atoms with van der Waals surface area (Å²) < 4.78 is 42.3. The van der Waals surface area contributed by atoms with Crippen molar-refractivity contribution in [1.82, 2.24) is 25.1 Å².